The van der Waals surface area contributed by atoms with E-state index in [2.05, 4.69) is 18.1 Å². The van der Waals surface area contributed by atoms with Gasteiger partial charge in [-0.15, -0.1) is 0 Å². The van der Waals surface area contributed by atoms with Gasteiger partial charge in [0.25, 0.3) is 0 Å². The van der Waals surface area contributed by atoms with Crippen LogP contribution in [0, 0.1) is 11.2 Å². The molecule has 35 heavy (non-hydrogen) atoms. The van der Waals surface area contributed by atoms with Crippen LogP contribution in [0.4, 0.5) is 14.9 Å². The summed E-state index contributed by atoms with van der Waals surface area (Å²) in [7, 11) is 0. The number of carboxylic acids is 1. The number of nitrogens with zero attached hydrogens (tertiary/aromatic N) is 3. The zero-order chi connectivity index (χ0) is 24.4. The topological polar surface area (TPSA) is 84.7 Å². The Morgan fingerprint density at radius 3 is 2.74 bits per heavy atom. The summed E-state index contributed by atoms with van der Waals surface area (Å²) in [4.78, 5) is 26.1. The average Bonchev–Trinajstić information content (AvgIpc) is 3.40. The standard InChI is InChI=1S/C27H24FN3O4/c1-26-14-18-15-29-31(21-9-7-20(28)8-10-21)23(18)13-19(26)5-3-11-27(26)16-30(25(34)35-27)22-6-2-4-17(12-22)24(32)33/h2,4,6-10,12-13,15H,3,5,11,14,16H2,1H3,(H,32,33)/t26-,27+/m0/s1. The van der Waals surface area contributed by atoms with Gasteiger partial charge in [-0.25, -0.2) is 18.7 Å². The quantitative estimate of drug-likeness (QED) is 0.563. The van der Waals surface area contributed by atoms with E-state index < -0.39 is 23.1 Å². The smallest absolute Gasteiger partial charge is 0.415 e. The summed E-state index contributed by atoms with van der Waals surface area (Å²) in [6.45, 7) is 2.50. The number of hydrogen-bond acceptors (Lipinski definition) is 4. The van der Waals surface area contributed by atoms with Crippen LogP contribution in [0.2, 0.25) is 0 Å². The molecule has 1 aliphatic heterocycles. The minimum absolute atomic E-state index is 0.127. The van der Waals surface area contributed by atoms with Gasteiger partial charge >= 0.3 is 12.1 Å². The largest absolute Gasteiger partial charge is 0.478 e. The van der Waals surface area contributed by atoms with Crippen molar-refractivity contribution in [2.75, 3.05) is 11.4 Å². The van der Waals surface area contributed by atoms with Crippen molar-refractivity contribution in [2.24, 2.45) is 5.41 Å². The molecule has 0 radical (unpaired) electrons. The molecule has 1 aromatic heterocycles. The molecule has 3 aliphatic rings. The van der Waals surface area contributed by atoms with Gasteiger partial charge in [-0.1, -0.05) is 18.6 Å². The van der Waals surface area contributed by atoms with Crippen LogP contribution in [-0.2, 0) is 11.2 Å². The normalized spacial score (nSPS) is 25.1. The third-order valence-electron chi connectivity index (χ3n) is 7.87. The fourth-order valence-electron chi connectivity index (χ4n) is 5.93. The van der Waals surface area contributed by atoms with Gasteiger partial charge in [0.05, 0.1) is 29.7 Å². The van der Waals surface area contributed by atoms with Crippen LogP contribution < -0.4 is 4.90 Å². The molecule has 0 bridgehead atoms. The highest BCUT2D eigenvalue weighted by molar-refractivity contribution is 5.94. The molecule has 7 nitrogen and oxygen atoms in total. The van der Waals surface area contributed by atoms with Gasteiger partial charge in [-0.05, 0) is 79.8 Å². The van der Waals surface area contributed by atoms with Crippen molar-refractivity contribution in [1.82, 2.24) is 9.78 Å². The minimum Gasteiger partial charge on any atom is -0.478 e. The lowest BCUT2D eigenvalue weighted by molar-refractivity contribution is -0.0515. The third-order valence-corrected chi connectivity index (χ3v) is 7.87. The molecule has 2 aliphatic carbocycles. The first-order chi connectivity index (χ1) is 16.8. The number of carbonyl (C=O) groups excluding carboxylic acids is 1. The Morgan fingerprint density at radius 2 is 1.97 bits per heavy atom. The van der Waals surface area contributed by atoms with Gasteiger partial charge in [0.15, 0.2) is 0 Å². The van der Waals surface area contributed by atoms with Crippen LogP contribution >= 0.6 is 0 Å². The Bertz CT molecular complexity index is 1400. The molecule has 1 amide bonds. The number of anilines is 1. The van der Waals surface area contributed by atoms with Gasteiger partial charge in [-0.3, -0.25) is 4.90 Å². The van der Waals surface area contributed by atoms with E-state index in [4.69, 9.17) is 4.74 Å². The Labute approximate surface area is 201 Å². The predicted octanol–water partition coefficient (Wildman–Crippen LogP) is 5.23. The molecule has 1 spiro atoms. The number of ether oxygens (including phenoxy) is 1. The fraction of sp³-hybridized carbons (Fsp3) is 0.296. The first kappa shape index (κ1) is 21.6. The van der Waals surface area contributed by atoms with Crippen molar-refractivity contribution in [3.63, 3.8) is 0 Å². The lowest BCUT2D eigenvalue weighted by atomic mass is 9.57. The zero-order valence-electron chi connectivity index (χ0n) is 19.2. The van der Waals surface area contributed by atoms with Crippen molar-refractivity contribution < 1.29 is 23.8 Å². The molecule has 2 aromatic carbocycles. The van der Waals surface area contributed by atoms with Gasteiger partial charge in [0, 0.05) is 11.1 Å². The van der Waals surface area contributed by atoms with Crippen LogP contribution in [0.15, 0.2) is 60.3 Å². The maximum Gasteiger partial charge on any atom is 0.415 e. The molecule has 1 N–H and O–H groups in total. The molecule has 6 rings (SSSR count). The summed E-state index contributed by atoms with van der Waals surface area (Å²) in [6.07, 6.45) is 6.68. The molecule has 2 fully saturated rings. The Hall–Kier alpha value is -3.94. The van der Waals surface area contributed by atoms with Gasteiger partial charge in [0.1, 0.15) is 11.4 Å². The summed E-state index contributed by atoms with van der Waals surface area (Å²) in [5.41, 5.74) is 3.49. The second-order valence-corrected chi connectivity index (χ2v) is 9.78. The molecule has 8 heteroatoms. The number of aromatic nitrogens is 2. The first-order valence-corrected chi connectivity index (χ1v) is 11.7. The molecule has 2 heterocycles. The monoisotopic (exact) mass is 473 g/mol. The van der Waals surface area contributed by atoms with Crippen LogP contribution in [0.5, 0.6) is 0 Å². The van der Waals surface area contributed by atoms with E-state index in [0.717, 1.165) is 36.2 Å². The highest BCUT2D eigenvalue weighted by Gasteiger charge is 2.61. The van der Waals surface area contributed by atoms with E-state index in [0.29, 0.717) is 18.7 Å². The number of benzene rings is 2. The van der Waals surface area contributed by atoms with Crippen molar-refractivity contribution in [1.29, 1.82) is 0 Å². The maximum atomic E-state index is 13.4. The number of rotatable bonds is 3. The lowest BCUT2D eigenvalue weighted by Crippen LogP contribution is -2.55. The number of amides is 1. The zero-order valence-corrected chi connectivity index (χ0v) is 19.2. The van der Waals surface area contributed by atoms with Crippen molar-refractivity contribution >= 4 is 23.8 Å². The number of aromatic carboxylic acids is 1. The average molecular weight is 474 g/mol. The molecular weight excluding hydrogens is 449 g/mol. The predicted molar refractivity (Wildman–Crippen MR) is 127 cm³/mol. The Morgan fingerprint density at radius 1 is 1.17 bits per heavy atom. The van der Waals surface area contributed by atoms with E-state index >= 15 is 0 Å². The summed E-state index contributed by atoms with van der Waals surface area (Å²) in [6, 6.07) is 12.7. The molecule has 178 valence electrons. The molecule has 1 saturated heterocycles. The van der Waals surface area contributed by atoms with Crippen LogP contribution in [-0.4, -0.2) is 39.1 Å². The van der Waals surface area contributed by atoms with Crippen molar-refractivity contribution in [3.05, 3.63) is 82.9 Å². The SMILES string of the molecule is C[C@]12Cc3cnn(-c4ccc(F)cc4)c3C=C1CCC[C@@]21CN(c2cccc(C(=O)O)c2)C(=O)O1. The molecular formula is C27H24FN3O4. The highest BCUT2D eigenvalue weighted by Crippen LogP contribution is 2.57. The lowest BCUT2D eigenvalue weighted by Gasteiger charge is -2.51. The van der Waals surface area contributed by atoms with Gasteiger partial charge in [-0.2, -0.15) is 5.10 Å². The van der Waals surface area contributed by atoms with E-state index in [9.17, 15) is 19.1 Å². The van der Waals surface area contributed by atoms with E-state index in [1.807, 2.05) is 10.9 Å². The molecule has 3 aromatic rings. The maximum absolute atomic E-state index is 13.4. The number of halogens is 1. The number of carbonyl (C=O) groups is 2. The highest BCUT2D eigenvalue weighted by atomic mass is 19.1. The molecule has 0 unspecified atom stereocenters. The minimum atomic E-state index is -1.04. The summed E-state index contributed by atoms with van der Waals surface area (Å²) in [5, 5.41) is 14.0. The number of hydrogen-bond donors (Lipinski definition) is 1. The first-order valence-electron chi connectivity index (χ1n) is 11.7. The van der Waals surface area contributed by atoms with Gasteiger partial charge < -0.3 is 9.84 Å². The van der Waals surface area contributed by atoms with E-state index in [1.54, 1.807) is 29.2 Å². The summed E-state index contributed by atoms with van der Waals surface area (Å²) >= 11 is 0. The molecule has 2 atom stereocenters. The number of carboxylic acid groups (broad SMARTS) is 1. The van der Waals surface area contributed by atoms with Crippen molar-refractivity contribution in [2.45, 2.75) is 38.2 Å². The molecule has 1 saturated carbocycles. The summed E-state index contributed by atoms with van der Waals surface area (Å²) in [5.74, 6) is -1.33. The second kappa shape index (κ2) is 7.53. The third kappa shape index (κ3) is 3.20. The van der Waals surface area contributed by atoms with Crippen LogP contribution in [0.3, 0.4) is 0 Å². The van der Waals surface area contributed by atoms with Crippen molar-refractivity contribution in [3.8, 4) is 5.69 Å². The van der Waals surface area contributed by atoms with Crippen LogP contribution in [0.1, 0.15) is 47.8 Å². The van der Waals surface area contributed by atoms with Gasteiger partial charge in [0.2, 0.25) is 0 Å². The Balaban J connectivity index is 1.37. The number of fused-ring (bicyclic) bond motifs is 3. The van der Waals surface area contributed by atoms with E-state index in [1.165, 1.54) is 29.8 Å². The van der Waals surface area contributed by atoms with Crippen LogP contribution in [0.25, 0.3) is 11.8 Å². The Kier molecular flexibility index (Phi) is 4.64. The second-order valence-electron chi connectivity index (χ2n) is 9.78. The van der Waals surface area contributed by atoms with E-state index in [-0.39, 0.29) is 11.4 Å². The fourth-order valence-corrected chi connectivity index (χ4v) is 5.93. The summed E-state index contributed by atoms with van der Waals surface area (Å²) < 4.78 is 21.4.